The summed E-state index contributed by atoms with van der Waals surface area (Å²) in [6, 6.07) is 25.5. The molecular weight excluding hydrogens is 341 g/mol. The molecule has 0 aliphatic heterocycles. The predicted octanol–water partition coefficient (Wildman–Crippen LogP) is 6.26. The summed E-state index contributed by atoms with van der Waals surface area (Å²) >= 11 is 0. The lowest BCUT2D eigenvalue weighted by Gasteiger charge is -2.06. The largest absolute Gasteiger partial charge is 0.673 e. The third kappa shape index (κ3) is 6.35. The fourth-order valence-electron chi connectivity index (χ4n) is 2.47. The van der Waals surface area contributed by atoms with Crippen LogP contribution in [0.5, 0.6) is 0 Å². The molecule has 2 aromatic carbocycles. The SMILES string of the molecule is CC(C)c1cc(-c2ccccc2)cc(-c2ccccc2)[nH+]1.F[B-](F)(F)F. The van der Waals surface area contributed by atoms with E-state index in [2.05, 4.69) is 85.6 Å². The van der Waals surface area contributed by atoms with Crippen LogP contribution in [0.1, 0.15) is 25.5 Å². The van der Waals surface area contributed by atoms with E-state index in [1.165, 1.54) is 28.1 Å². The number of hydrogen-bond acceptors (Lipinski definition) is 0. The fraction of sp³-hybridized carbons (Fsp3) is 0.150. The van der Waals surface area contributed by atoms with Crippen molar-refractivity contribution in [1.29, 1.82) is 0 Å². The van der Waals surface area contributed by atoms with Crippen LogP contribution >= 0.6 is 0 Å². The van der Waals surface area contributed by atoms with Crippen molar-refractivity contribution >= 4 is 7.25 Å². The maximum atomic E-state index is 9.75. The first-order chi connectivity index (χ1) is 12.2. The van der Waals surface area contributed by atoms with E-state index in [0.717, 1.165) is 0 Å². The molecular formula is C20H20BF4N. The number of nitrogens with one attached hydrogen (secondary N) is 1. The van der Waals surface area contributed by atoms with E-state index in [-0.39, 0.29) is 0 Å². The van der Waals surface area contributed by atoms with Crippen molar-refractivity contribution < 1.29 is 22.2 Å². The zero-order valence-electron chi connectivity index (χ0n) is 14.6. The molecule has 0 radical (unpaired) electrons. The van der Waals surface area contributed by atoms with Crippen LogP contribution in [-0.2, 0) is 0 Å². The number of rotatable bonds is 3. The van der Waals surface area contributed by atoms with E-state index < -0.39 is 7.25 Å². The second-order valence-corrected chi connectivity index (χ2v) is 6.12. The smallest absolute Gasteiger partial charge is 0.418 e. The van der Waals surface area contributed by atoms with Crippen molar-refractivity contribution in [3.63, 3.8) is 0 Å². The van der Waals surface area contributed by atoms with Gasteiger partial charge in [-0.3, -0.25) is 0 Å². The van der Waals surface area contributed by atoms with E-state index in [4.69, 9.17) is 0 Å². The molecule has 1 N–H and O–H groups in total. The highest BCUT2D eigenvalue weighted by Crippen LogP contribution is 2.25. The molecule has 0 aliphatic rings. The minimum atomic E-state index is -6.00. The standard InChI is InChI=1S/C20H19N.BF4/c1-15(2)19-13-18(16-9-5-3-6-10-16)14-20(21-19)17-11-7-4-8-12-17;2-1(3,4)5/h3-15H,1-2H3;/q;-1/p+1. The lowest BCUT2D eigenvalue weighted by molar-refractivity contribution is -0.379. The fourth-order valence-corrected chi connectivity index (χ4v) is 2.47. The van der Waals surface area contributed by atoms with Gasteiger partial charge in [-0.25, -0.2) is 4.98 Å². The van der Waals surface area contributed by atoms with Crippen molar-refractivity contribution in [1.82, 2.24) is 0 Å². The Bertz CT molecular complexity index is 754. The maximum Gasteiger partial charge on any atom is 0.673 e. The molecule has 0 saturated carbocycles. The normalized spacial score (nSPS) is 11.0. The van der Waals surface area contributed by atoms with Gasteiger partial charge >= 0.3 is 7.25 Å². The molecule has 0 saturated heterocycles. The van der Waals surface area contributed by atoms with E-state index in [1.54, 1.807) is 0 Å². The molecule has 136 valence electrons. The summed E-state index contributed by atoms with van der Waals surface area (Å²) in [4.78, 5) is 3.57. The Labute approximate surface area is 150 Å². The first kappa shape index (κ1) is 19.7. The molecule has 0 spiro atoms. The van der Waals surface area contributed by atoms with Crippen LogP contribution < -0.4 is 4.98 Å². The van der Waals surface area contributed by atoms with Gasteiger partial charge in [0, 0.05) is 23.6 Å². The molecule has 0 atom stereocenters. The zero-order valence-corrected chi connectivity index (χ0v) is 14.6. The van der Waals surface area contributed by atoms with Gasteiger partial charge in [-0.1, -0.05) is 62.4 Å². The number of halogens is 4. The van der Waals surface area contributed by atoms with E-state index in [9.17, 15) is 17.3 Å². The summed E-state index contributed by atoms with van der Waals surface area (Å²) in [5.41, 5.74) is 6.16. The predicted molar refractivity (Wildman–Crippen MR) is 98.1 cm³/mol. The van der Waals surface area contributed by atoms with Crippen molar-refractivity contribution in [2.24, 2.45) is 0 Å². The van der Waals surface area contributed by atoms with Gasteiger partial charge < -0.3 is 17.3 Å². The van der Waals surface area contributed by atoms with Crippen LogP contribution in [0, 0.1) is 0 Å². The monoisotopic (exact) mass is 361 g/mol. The van der Waals surface area contributed by atoms with Crippen LogP contribution in [0.15, 0.2) is 72.8 Å². The number of hydrogen-bond donors (Lipinski definition) is 0. The number of aromatic amines is 1. The van der Waals surface area contributed by atoms with E-state index >= 15 is 0 Å². The Hall–Kier alpha value is -2.63. The Morgan fingerprint density at radius 1 is 0.692 bits per heavy atom. The summed E-state index contributed by atoms with van der Waals surface area (Å²) in [5.74, 6) is 0.469. The van der Waals surface area contributed by atoms with Crippen LogP contribution in [-0.4, -0.2) is 7.25 Å². The average Bonchev–Trinajstić information content (AvgIpc) is 2.61. The van der Waals surface area contributed by atoms with Gasteiger partial charge in [-0.2, -0.15) is 0 Å². The minimum absolute atomic E-state index is 0.469. The van der Waals surface area contributed by atoms with E-state index in [1.807, 2.05) is 6.07 Å². The minimum Gasteiger partial charge on any atom is -0.418 e. The van der Waals surface area contributed by atoms with Crippen molar-refractivity contribution in [2.45, 2.75) is 19.8 Å². The Kier molecular flexibility index (Phi) is 6.55. The average molecular weight is 361 g/mol. The van der Waals surface area contributed by atoms with Gasteiger partial charge in [0.15, 0.2) is 5.69 Å². The van der Waals surface area contributed by atoms with Crippen LogP contribution in [0.4, 0.5) is 17.3 Å². The number of pyridine rings is 1. The number of H-pyrrole nitrogens is 1. The Balaban J connectivity index is 0.000000431. The molecule has 0 unspecified atom stereocenters. The molecule has 0 fully saturated rings. The quantitative estimate of drug-likeness (QED) is 0.386. The van der Waals surface area contributed by atoms with Crippen LogP contribution in [0.3, 0.4) is 0 Å². The molecule has 0 amide bonds. The van der Waals surface area contributed by atoms with Crippen LogP contribution in [0.25, 0.3) is 22.4 Å². The number of benzene rings is 2. The molecule has 1 heterocycles. The summed E-state index contributed by atoms with van der Waals surface area (Å²) in [6.45, 7) is 4.44. The highest BCUT2D eigenvalue weighted by atomic mass is 19.5. The molecule has 0 aliphatic carbocycles. The maximum absolute atomic E-state index is 9.75. The van der Waals surface area contributed by atoms with Gasteiger partial charge in [0.25, 0.3) is 0 Å². The summed E-state index contributed by atoms with van der Waals surface area (Å²) in [5, 5.41) is 0. The zero-order chi connectivity index (χ0) is 19.2. The van der Waals surface area contributed by atoms with Crippen molar-refractivity contribution in [3.8, 4) is 22.4 Å². The Morgan fingerprint density at radius 2 is 1.15 bits per heavy atom. The van der Waals surface area contributed by atoms with Gasteiger partial charge in [0.2, 0.25) is 5.69 Å². The second kappa shape index (κ2) is 8.65. The van der Waals surface area contributed by atoms with Crippen molar-refractivity contribution in [3.05, 3.63) is 78.5 Å². The highest BCUT2D eigenvalue weighted by Gasteiger charge is 2.20. The van der Waals surface area contributed by atoms with Crippen LogP contribution in [0.2, 0.25) is 0 Å². The third-order valence-corrected chi connectivity index (χ3v) is 3.70. The second-order valence-electron chi connectivity index (χ2n) is 6.12. The van der Waals surface area contributed by atoms with E-state index in [0.29, 0.717) is 5.92 Å². The third-order valence-electron chi connectivity index (χ3n) is 3.70. The Morgan fingerprint density at radius 3 is 1.62 bits per heavy atom. The van der Waals surface area contributed by atoms with Gasteiger partial charge in [0.05, 0.1) is 0 Å². The lowest BCUT2D eigenvalue weighted by atomic mass is 9.99. The molecule has 6 heteroatoms. The summed E-state index contributed by atoms with van der Waals surface area (Å²) in [7, 11) is -6.00. The first-order valence-electron chi connectivity index (χ1n) is 8.29. The molecule has 3 rings (SSSR count). The van der Waals surface area contributed by atoms with Gasteiger partial charge in [-0.05, 0) is 23.3 Å². The lowest BCUT2D eigenvalue weighted by Crippen LogP contribution is -2.16. The molecule has 0 bridgehead atoms. The molecule has 1 nitrogen and oxygen atoms in total. The summed E-state index contributed by atoms with van der Waals surface area (Å²) < 4.78 is 39.0. The molecule has 26 heavy (non-hydrogen) atoms. The highest BCUT2D eigenvalue weighted by molar-refractivity contribution is 6.50. The number of aromatic nitrogens is 1. The first-order valence-corrected chi connectivity index (χ1v) is 8.29. The van der Waals surface area contributed by atoms with Gasteiger partial charge in [0.1, 0.15) is 0 Å². The van der Waals surface area contributed by atoms with Gasteiger partial charge in [-0.15, -0.1) is 0 Å². The van der Waals surface area contributed by atoms with Crippen molar-refractivity contribution in [2.75, 3.05) is 0 Å². The molecule has 1 aromatic heterocycles. The molecule has 3 aromatic rings. The summed E-state index contributed by atoms with van der Waals surface area (Å²) in [6.07, 6.45) is 0. The topological polar surface area (TPSA) is 14.1 Å².